The van der Waals surface area contributed by atoms with Gasteiger partial charge in [0.05, 0.1) is 18.3 Å². The number of nitrogens with one attached hydrogen (secondary N) is 3. The second-order valence-corrected chi connectivity index (χ2v) is 4.20. The molecule has 5 heteroatoms. The van der Waals surface area contributed by atoms with Crippen molar-refractivity contribution in [2.24, 2.45) is 0 Å². The molecule has 1 atom stereocenters. The summed E-state index contributed by atoms with van der Waals surface area (Å²) < 4.78 is 4.97. The van der Waals surface area contributed by atoms with Crippen molar-refractivity contribution in [2.45, 2.75) is 13.0 Å². The Morgan fingerprint density at radius 3 is 3.06 bits per heavy atom. The van der Waals surface area contributed by atoms with Gasteiger partial charge in [-0.05, 0) is 25.1 Å². The molecule has 1 aromatic carbocycles. The predicted octanol–water partition coefficient (Wildman–Crippen LogP) is 2.32. The Hall–Kier alpha value is -2.01. The summed E-state index contributed by atoms with van der Waals surface area (Å²) in [5.41, 5.74) is 1.79. The number of fused-ring (bicyclic) bond motifs is 1. The molecule has 2 aromatic rings. The molecular formula is C13H17N3O2. The van der Waals surface area contributed by atoms with Crippen LogP contribution < -0.4 is 10.6 Å². The maximum atomic E-state index is 11.8. The zero-order valence-electron chi connectivity index (χ0n) is 10.5. The quantitative estimate of drug-likeness (QED) is 0.776. The summed E-state index contributed by atoms with van der Waals surface area (Å²) in [5.74, 6) is 0. The minimum absolute atomic E-state index is 0.0274. The van der Waals surface area contributed by atoms with Crippen molar-refractivity contribution in [2.75, 3.05) is 19.0 Å². The van der Waals surface area contributed by atoms with E-state index in [2.05, 4.69) is 15.6 Å². The summed E-state index contributed by atoms with van der Waals surface area (Å²) in [6.45, 7) is 2.38. The fourth-order valence-corrected chi connectivity index (χ4v) is 1.87. The Morgan fingerprint density at radius 2 is 2.28 bits per heavy atom. The lowest BCUT2D eigenvalue weighted by Gasteiger charge is -2.14. The van der Waals surface area contributed by atoms with Gasteiger partial charge in [-0.25, -0.2) is 4.79 Å². The molecule has 0 aliphatic carbocycles. The molecule has 0 aliphatic heterocycles. The molecule has 0 fully saturated rings. The Balaban J connectivity index is 2.05. The van der Waals surface area contributed by atoms with E-state index in [-0.39, 0.29) is 12.1 Å². The second kappa shape index (κ2) is 5.55. The maximum Gasteiger partial charge on any atom is 0.319 e. The number of amides is 2. The highest BCUT2D eigenvalue weighted by Gasteiger charge is 2.08. The van der Waals surface area contributed by atoms with E-state index in [1.54, 1.807) is 7.11 Å². The van der Waals surface area contributed by atoms with E-state index >= 15 is 0 Å². The average Bonchev–Trinajstić information content (AvgIpc) is 2.78. The number of benzene rings is 1. The fraction of sp³-hybridized carbons (Fsp3) is 0.308. The molecule has 0 aliphatic rings. The lowest BCUT2D eigenvalue weighted by Crippen LogP contribution is -2.38. The van der Waals surface area contributed by atoms with Gasteiger partial charge in [0, 0.05) is 24.2 Å². The number of anilines is 1. The molecule has 0 saturated carbocycles. The number of H-pyrrole nitrogens is 1. The molecule has 96 valence electrons. The maximum absolute atomic E-state index is 11.8. The Kier molecular flexibility index (Phi) is 3.84. The highest BCUT2D eigenvalue weighted by Crippen LogP contribution is 2.21. The van der Waals surface area contributed by atoms with Gasteiger partial charge in [0.1, 0.15) is 0 Å². The first-order chi connectivity index (χ1) is 8.70. The summed E-state index contributed by atoms with van der Waals surface area (Å²) in [4.78, 5) is 14.9. The van der Waals surface area contributed by atoms with E-state index in [4.69, 9.17) is 4.74 Å². The van der Waals surface area contributed by atoms with Crippen LogP contribution in [0.2, 0.25) is 0 Å². The molecule has 18 heavy (non-hydrogen) atoms. The van der Waals surface area contributed by atoms with Crippen molar-refractivity contribution in [3.63, 3.8) is 0 Å². The van der Waals surface area contributed by atoms with Gasteiger partial charge < -0.3 is 20.4 Å². The van der Waals surface area contributed by atoms with Crippen LogP contribution in [0.3, 0.4) is 0 Å². The first-order valence-electron chi connectivity index (χ1n) is 5.83. The first-order valence-corrected chi connectivity index (χ1v) is 5.83. The van der Waals surface area contributed by atoms with Crippen LogP contribution in [0.25, 0.3) is 10.9 Å². The van der Waals surface area contributed by atoms with Crippen LogP contribution in [-0.2, 0) is 4.74 Å². The molecule has 0 spiro atoms. The van der Waals surface area contributed by atoms with Crippen molar-refractivity contribution in [1.29, 1.82) is 0 Å². The number of rotatable bonds is 4. The van der Waals surface area contributed by atoms with Crippen molar-refractivity contribution in [3.8, 4) is 0 Å². The monoisotopic (exact) mass is 247 g/mol. The zero-order chi connectivity index (χ0) is 13.0. The van der Waals surface area contributed by atoms with E-state index in [1.165, 1.54) is 0 Å². The van der Waals surface area contributed by atoms with Crippen LogP contribution in [0.15, 0.2) is 30.5 Å². The first kappa shape index (κ1) is 12.4. The number of aromatic amines is 1. The third kappa shape index (κ3) is 2.81. The summed E-state index contributed by atoms with van der Waals surface area (Å²) in [5, 5.41) is 6.63. The standard InChI is InChI=1S/C13H17N3O2/c1-9(8-18-2)15-13(17)16-12-5-3-4-11-10(12)6-7-14-11/h3-7,9,14H,8H2,1-2H3,(H2,15,16,17). The Morgan fingerprint density at radius 1 is 1.44 bits per heavy atom. The van der Waals surface area contributed by atoms with Crippen molar-refractivity contribution < 1.29 is 9.53 Å². The molecule has 1 aromatic heterocycles. The lowest BCUT2D eigenvalue weighted by molar-refractivity contribution is 0.173. The molecule has 0 saturated heterocycles. The minimum Gasteiger partial charge on any atom is -0.383 e. The third-order valence-electron chi connectivity index (χ3n) is 2.64. The number of methoxy groups -OCH3 is 1. The van der Waals surface area contributed by atoms with E-state index in [1.807, 2.05) is 37.4 Å². The molecule has 0 radical (unpaired) electrons. The largest absolute Gasteiger partial charge is 0.383 e. The summed E-state index contributed by atoms with van der Waals surface area (Å²) >= 11 is 0. The van der Waals surface area contributed by atoms with Crippen LogP contribution in [0.4, 0.5) is 10.5 Å². The molecule has 2 rings (SSSR count). The number of carbonyl (C=O) groups is 1. The zero-order valence-corrected chi connectivity index (χ0v) is 10.5. The van der Waals surface area contributed by atoms with E-state index in [0.29, 0.717) is 6.61 Å². The third-order valence-corrected chi connectivity index (χ3v) is 2.64. The van der Waals surface area contributed by atoms with E-state index < -0.39 is 0 Å². The van der Waals surface area contributed by atoms with Crippen molar-refractivity contribution >= 4 is 22.6 Å². The average molecular weight is 247 g/mol. The van der Waals surface area contributed by atoms with Crippen LogP contribution in [-0.4, -0.2) is 30.8 Å². The van der Waals surface area contributed by atoms with Gasteiger partial charge in [-0.2, -0.15) is 0 Å². The SMILES string of the molecule is COCC(C)NC(=O)Nc1cccc2[nH]ccc12. The number of hydrogen-bond acceptors (Lipinski definition) is 2. The minimum atomic E-state index is -0.228. The Bertz CT molecular complexity index is 536. The molecule has 3 N–H and O–H groups in total. The van der Waals surface area contributed by atoms with Crippen LogP contribution in [0.5, 0.6) is 0 Å². The van der Waals surface area contributed by atoms with Gasteiger partial charge in [-0.1, -0.05) is 6.07 Å². The topological polar surface area (TPSA) is 66.2 Å². The smallest absolute Gasteiger partial charge is 0.319 e. The Labute approximate surface area is 106 Å². The van der Waals surface area contributed by atoms with Crippen LogP contribution in [0, 0.1) is 0 Å². The van der Waals surface area contributed by atoms with Gasteiger partial charge in [0.15, 0.2) is 0 Å². The van der Waals surface area contributed by atoms with Gasteiger partial charge in [-0.3, -0.25) is 0 Å². The molecule has 0 bridgehead atoms. The fourth-order valence-electron chi connectivity index (χ4n) is 1.87. The van der Waals surface area contributed by atoms with E-state index in [0.717, 1.165) is 16.6 Å². The van der Waals surface area contributed by atoms with Crippen molar-refractivity contribution in [3.05, 3.63) is 30.5 Å². The van der Waals surface area contributed by atoms with Gasteiger partial charge in [0.2, 0.25) is 0 Å². The number of aromatic nitrogens is 1. The van der Waals surface area contributed by atoms with Gasteiger partial charge in [0.25, 0.3) is 0 Å². The van der Waals surface area contributed by atoms with Crippen molar-refractivity contribution in [1.82, 2.24) is 10.3 Å². The molecule has 2 amide bonds. The molecule has 1 unspecified atom stereocenters. The highest BCUT2D eigenvalue weighted by molar-refractivity contribution is 6.00. The summed E-state index contributed by atoms with van der Waals surface area (Å²) in [6.07, 6.45) is 1.85. The van der Waals surface area contributed by atoms with E-state index in [9.17, 15) is 4.79 Å². The molecular weight excluding hydrogens is 230 g/mol. The number of hydrogen-bond donors (Lipinski definition) is 3. The van der Waals surface area contributed by atoms with Crippen LogP contribution >= 0.6 is 0 Å². The van der Waals surface area contributed by atoms with Crippen LogP contribution in [0.1, 0.15) is 6.92 Å². The van der Waals surface area contributed by atoms with Gasteiger partial charge in [-0.15, -0.1) is 0 Å². The summed E-state index contributed by atoms with van der Waals surface area (Å²) in [6, 6.07) is 7.41. The molecule has 5 nitrogen and oxygen atoms in total. The van der Waals surface area contributed by atoms with Gasteiger partial charge >= 0.3 is 6.03 Å². The normalized spacial score (nSPS) is 12.3. The number of carbonyl (C=O) groups excluding carboxylic acids is 1. The molecule has 1 heterocycles. The lowest BCUT2D eigenvalue weighted by atomic mass is 10.2. The number of urea groups is 1. The summed E-state index contributed by atoms with van der Waals surface area (Å²) in [7, 11) is 1.61. The number of ether oxygens (including phenoxy) is 1. The highest BCUT2D eigenvalue weighted by atomic mass is 16.5. The second-order valence-electron chi connectivity index (χ2n) is 4.20. The predicted molar refractivity (Wildman–Crippen MR) is 71.8 cm³/mol.